The molecular formula is C19H20FN5O4. The predicted molar refractivity (Wildman–Crippen MR) is 102 cm³/mol. The van der Waals surface area contributed by atoms with Gasteiger partial charge in [0.25, 0.3) is 5.56 Å². The first-order valence-corrected chi connectivity index (χ1v) is 9.25. The Kier molecular flexibility index (Phi) is 4.69. The number of halogens is 1. The van der Waals surface area contributed by atoms with Gasteiger partial charge in [0.2, 0.25) is 0 Å². The van der Waals surface area contributed by atoms with Gasteiger partial charge >= 0.3 is 5.97 Å². The standard InChI is InChI=1S/C19H20FN5O4/c1-4-28-19(27)14-7-22-24-8-15-17(23-16(14)24)25(10(2)9-29-15)11(3)13-5-12(20)6-21-18(13)26/h5-8,10-11H,4,9H2,1-3H3,(H,21,26)/t10-,11-/m1/s1. The van der Waals surface area contributed by atoms with Crippen LogP contribution in [0.2, 0.25) is 0 Å². The highest BCUT2D eigenvalue weighted by Crippen LogP contribution is 2.37. The lowest BCUT2D eigenvalue weighted by atomic mass is 10.1. The molecule has 0 unspecified atom stereocenters. The number of aromatic amines is 1. The highest BCUT2D eigenvalue weighted by Gasteiger charge is 2.33. The third-order valence-electron chi connectivity index (χ3n) is 4.90. The molecule has 0 fully saturated rings. The minimum atomic E-state index is -0.531. The van der Waals surface area contributed by atoms with Crippen LogP contribution in [0.25, 0.3) is 5.65 Å². The summed E-state index contributed by atoms with van der Waals surface area (Å²) < 4.78 is 26.1. The molecule has 0 amide bonds. The fourth-order valence-electron chi connectivity index (χ4n) is 3.52. The average molecular weight is 401 g/mol. The van der Waals surface area contributed by atoms with Crippen molar-refractivity contribution >= 4 is 17.4 Å². The van der Waals surface area contributed by atoms with Gasteiger partial charge in [0.1, 0.15) is 18.0 Å². The average Bonchev–Trinajstić information content (AvgIpc) is 3.11. The minimum absolute atomic E-state index is 0.149. The number of ether oxygens (including phenoxy) is 2. The van der Waals surface area contributed by atoms with Crippen LogP contribution in [-0.2, 0) is 4.74 Å². The SMILES string of the molecule is CCOC(=O)c1cnn2cc3c(nc12)N([C@H](C)c1cc(F)c[nH]c1=O)[C@H](C)CO3. The van der Waals surface area contributed by atoms with Gasteiger partial charge in [0, 0.05) is 11.8 Å². The summed E-state index contributed by atoms with van der Waals surface area (Å²) in [5, 5.41) is 4.15. The van der Waals surface area contributed by atoms with E-state index in [1.807, 2.05) is 11.8 Å². The Morgan fingerprint density at radius 1 is 1.52 bits per heavy atom. The number of anilines is 1. The van der Waals surface area contributed by atoms with Gasteiger partial charge in [-0.2, -0.15) is 5.10 Å². The minimum Gasteiger partial charge on any atom is -0.486 e. The lowest BCUT2D eigenvalue weighted by molar-refractivity contribution is 0.0528. The van der Waals surface area contributed by atoms with Crippen LogP contribution in [0.1, 0.15) is 42.7 Å². The molecule has 29 heavy (non-hydrogen) atoms. The highest BCUT2D eigenvalue weighted by molar-refractivity contribution is 5.95. The number of aromatic nitrogens is 4. The molecule has 4 heterocycles. The zero-order chi connectivity index (χ0) is 20.7. The first-order chi connectivity index (χ1) is 13.9. The highest BCUT2D eigenvalue weighted by atomic mass is 19.1. The quantitative estimate of drug-likeness (QED) is 0.668. The Hall–Kier alpha value is -3.43. The summed E-state index contributed by atoms with van der Waals surface area (Å²) in [6.07, 6.45) is 4.04. The summed E-state index contributed by atoms with van der Waals surface area (Å²) >= 11 is 0. The van der Waals surface area contributed by atoms with Crippen molar-refractivity contribution in [2.75, 3.05) is 18.1 Å². The van der Waals surface area contributed by atoms with E-state index in [1.54, 1.807) is 20.0 Å². The summed E-state index contributed by atoms with van der Waals surface area (Å²) in [7, 11) is 0. The molecule has 1 aliphatic heterocycles. The van der Waals surface area contributed by atoms with E-state index in [-0.39, 0.29) is 29.3 Å². The van der Waals surface area contributed by atoms with Gasteiger partial charge < -0.3 is 19.4 Å². The van der Waals surface area contributed by atoms with Crippen molar-refractivity contribution in [3.05, 3.63) is 52.0 Å². The Morgan fingerprint density at radius 2 is 2.31 bits per heavy atom. The molecule has 1 aliphatic rings. The van der Waals surface area contributed by atoms with Crippen molar-refractivity contribution in [3.63, 3.8) is 0 Å². The number of pyridine rings is 1. The second-order valence-electron chi connectivity index (χ2n) is 6.82. The molecule has 0 aliphatic carbocycles. The van der Waals surface area contributed by atoms with Gasteiger partial charge in [-0.25, -0.2) is 18.7 Å². The van der Waals surface area contributed by atoms with Crippen molar-refractivity contribution in [3.8, 4) is 5.75 Å². The molecule has 0 bridgehead atoms. The van der Waals surface area contributed by atoms with Crippen LogP contribution >= 0.6 is 0 Å². The van der Waals surface area contributed by atoms with Gasteiger partial charge in [-0.15, -0.1) is 0 Å². The van der Waals surface area contributed by atoms with Crippen LogP contribution in [0.5, 0.6) is 5.75 Å². The number of carbonyl (C=O) groups is 1. The third kappa shape index (κ3) is 3.20. The number of hydrogen-bond acceptors (Lipinski definition) is 7. The Balaban J connectivity index is 1.84. The van der Waals surface area contributed by atoms with Crippen molar-refractivity contribution in [2.24, 2.45) is 0 Å². The molecule has 152 valence electrons. The van der Waals surface area contributed by atoms with Crippen LogP contribution in [0.15, 0.2) is 29.5 Å². The number of hydrogen-bond donors (Lipinski definition) is 1. The van der Waals surface area contributed by atoms with E-state index in [0.29, 0.717) is 23.8 Å². The second kappa shape index (κ2) is 7.19. The summed E-state index contributed by atoms with van der Waals surface area (Å²) in [4.78, 5) is 33.4. The molecule has 3 aromatic heterocycles. The van der Waals surface area contributed by atoms with Crippen LogP contribution < -0.4 is 15.2 Å². The van der Waals surface area contributed by atoms with Crippen LogP contribution in [0, 0.1) is 5.82 Å². The molecule has 10 heteroatoms. The second-order valence-corrected chi connectivity index (χ2v) is 6.82. The van der Waals surface area contributed by atoms with Crippen molar-refractivity contribution in [2.45, 2.75) is 32.9 Å². The molecule has 4 rings (SSSR count). The molecule has 0 spiro atoms. The van der Waals surface area contributed by atoms with Crippen LogP contribution in [0.4, 0.5) is 10.2 Å². The van der Waals surface area contributed by atoms with E-state index >= 15 is 0 Å². The van der Waals surface area contributed by atoms with Gasteiger partial charge in [0.15, 0.2) is 17.2 Å². The maximum Gasteiger partial charge on any atom is 0.343 e. The number of H-pyrrole nitrogens is 1. The Morgan fingerprint density at radius 3 is 3.07 bits per heavy atom. The monoisotopic (exact) mass is 401 g/mol. The fourth-order valence-corrected chi connectivity index (χ4v) is 3.52. The van der Waals surface area contributed by atoms with Gasteiger partial charge in [0.05, 0.1) is 31.1 Å². The number of rotatable bonds is 4. The van der Waals surface area contributed by atoms with E-state index in [0.717, 1.165) is 6.20 Å². The van der Waals surface area contributed by atoms with Crippen molar-refractivity contribution in [1.82, 2.24) is 19.6 Å². The molecule has 0 saturated carbocycles. The maximum atomic E-state index is 13.8. The number of nitrogens with zero attached hydrogens (tertiary/aromatic N) is 4. The van der Waals surface area contributed by atoms with E-state index in [4.69, 9.17) is 9.47 Å². The Labute approximate surface area is 165 Å². The van der Waals surface area contributed by atoms with Crippen molar-refractivity contribution in [1.29, 1.82) is 0 Å². The van der Waals surface area contributed by atoms with E-state index in [2.05, 4.69) is 15.1 Å². The third-order valence-corrected chi connectivity index (χ3v) is 4.90. The lowest BCUT2D eigenvalue weighted by Crippen LogP contribution is -2.44. The number of esters is 1. The first-order valence-electron chi connectivity index (χ1n) is 9.25. The van der Waals surface area contributed by atoms with Crippen LogP contribution in [-0.4, -0.2) is 44.8 Å². The number of fused-ring (bicyclic) bond motifs is 2. The first kappa shape index (κ1) is 18.9. The molecular weight excluding hydrogens is 381 g/mol. The zero-order valence-electron chi connectivity index (χ0n) is 16.2. The zero-order valence-corrected chi connectivity index (χ0v) is 16.2. The summed E-state index contributed by atoms with van der Waals surface area (Å²) in [5.74, 6) is -0.162. The molecule has 0 saturated heterocycles. The Bertz CT molecular complexity index is 1140. The maximum absolute atomic E-state index is 13.8. The topological polar surface area (TPSA) is 102 Å². The number of carbonyl (C=O) groups excluding carboxylic acids is 1. The van der Waals surface area contributed by atoms with E-state index < -0.39 is 17.8 Å². The van der Waals surface area contributed by atoms with Gasteiger partial charge in [-0.05, 0) is 26.8 Å². The summed E-state index contributed by atoms with van der Waals surface area (Å²) in [5.41, 5.74) is 0.427. The smallest absolute Gasteiger partial charge is 0.343 e. The summed E-state index contributed by atoms with van der Waals surface area (Å²) in [6, 6.07) is 0.576. The molecule has 0 radical (unpaired) electrons. The molecule has 1 N–H and O–H groups in total. The molecule has 9 nitrogen and oxygen atoms in total. The molecule has 0 aromatic carbocycles. The molecule has 2 atom stereocenters. The summed E-state index contributed by atoms with van der Waals surface area (Å²) in [6.45, 7) is 6.01. The lowest BCUT2D eigenvalue weighted by Gasteiger charge is -2.39. The normalized spacial score (nSPS) is 17.0. The predicted octanol–water partition coefficient (Wildman–Crippen LogP) is 2.08. The largest absolute Gasteiger partial charge is 0.486 e. The van der Waals surface area contributed by atoms with Gasteiger partial charge in [-0.3, -0.25) is 4.79 Å². The van der Waals surface area contributed by atoms with Gasteiger partial charge in [-0.1, -0.05) is 0 Å². The van der Waals surface area contributed by atoms with E-state index in [1.165, 1.54) is 16.8 Å². The molecule has 3 aromatic rings. The van der Waals surface area contributed by atoms with E-state index in [9.17, 15) is 14.0 Å². The fraction of sp³-hybridized carbons (Fsp3) is 0.368. The van der Waals surface area contributed by atoms with Crippen LogP contribution in [0.3, 0.4) is 0 Å². The number of nitrogens with one attached hydrogen (secondary N) is 1. The van der Waals surface area contributed by atoms with Crippen molar-refractivity contribution < 1.29 is 18.7 Å².